The van der Waals surface area contributed by atoms with Gasteiger partial charge in [0.05, 0.1) is 6.26 Å². The van der Waals surface area contributed by atoms with Crippen LogP contribution >= 0.6 is 0 Å². The molecule has 0 radical (unpaired) electrons. The van der Waals surface area contributed by atoms with Crippen LogP contribution in [0.1, 0.15) is 40.1 Å². The quantitative estimate of drug-likeness (QED) is 0.0998. The molecule has 8 nitrogen and oxygen atoms in total. The molecule has 250 valence electrons. The van der Waals surface area contributed by atoms with Crippen molar-refractivity contribution in [3.05, 3.63) is 120 Å². The maximum atomic E-state index is 13.4. The summed E-state index contributed by atoms with van der Waals surface area (Å²) in [6.45, 7) is 4.14. The number of benzene rings is 3. The van der Waals surface area contributed by atoms with E-state index in [4.69, 9.17) is 4.42 Å². The van der Waals surface area contributed by atoms with Crippen molar-refractivity contribution in [1.29, 1.82) is 0 Å². The van der Waals surface area contributed by atoms with E-state index in [1.165, 1.54) is 37.3 Å². The van der Waals surface area contributed by atoms with Crippen LogP contribution in [0.4, 0.5) is 13.2 Å². The van der Waals surface area contributed by atoms with E-state index in [9.17, 15) is 27.6 Å². The molecule has 2 amide bonds. The Morgan fingerprint density at radius 3 is 2.33 bits per heavy atom. The molecule has 0 bridgehead atoms. The lowest BCUT2D eigenvalue weighted by molar-refractivity contribution is -0.189. The van der Waals surface area contributed by atoms with Gasteiger partial charge in [-0.1, -0.05) is 42.5 Å². The number of furan rings is 1. The molecule has 0 unspecified atom stereocenters. The Balaban J connectivity index is 1.26. The first-order valence-corrected chi connectivity index (χ1v) is 15.7. The van der Waals surface area contributed by atoms with Gasteiger partial charge in [-0.25, -0.2) is 4.79 Å². The van der Waals surface area contributed by atoms with Gasteiger partial charge in [-0.15, -0.1) is 0 Å². The van der Waals surface area contributed by atoms with Crippen LogP contribution in [0.3, 0.4) is 0 Å². The summed E-state index contributed by atoms with van der Waals surface area (Å²) in [5.74, 6) is -2.38. The Morgan fingerprint density at radius 1 is 0.896 bits per heavy atom. The Bertz CT molecular complexity index is 1710. The highest BCUT2D eigenvalue weighted by Gasteiger charge is 2.41. The predicted octanol–water partition coefficient (Wildman–Crippen LogP) is 6.52. The van der Waals surface area contributed by atoms with Crippen LogP contribution in [0.25, 0.3) is 17.2 Å². The number of amides is 2. The molecule has 0 aliphatic carbocycles. The summed E-state index contributed by atoms with van der Waals surface area (Å²) >= 11 is 0. The number of likely N-dealkylation sites (tertiary alicyclic amines) is 1. The van der Waals surface area contributed by atoms with Crippen LogP contribution in [0.5, 0.6) is 5.75 Å². The molecule has 1 aliphatic rings. The fourth-order valence-electron chi connectivity index (χ4n) is 5.41. The minimum absolute atomic E-state index is 0.126. The number of ether oxygens (including phenoxy) is 1. The molecule has 1 saturated heterocycles. The summed E-state index contributed by atoms with van der Waals surface area (Å²) < 4.78 is 47.3. The zero-order chi connectivity index (χ0) is 33.9. The average molecular weight is 660 g/mol. The van der Waals surface area contributed by atoms with Crippen LogP contribution in [0.15, 0.2) is 102 Å². The van der Waals surface area contributed by atoms with Gasteiger partial charge in [0.1, 0.15) is 11.5 Å². The molecule has 48 heavy (non-hydrogen) atoms. The lowest BCUT2D eigenvalue weighted by atomic mass is 10.0. The number of nitrogens with one attached hydrogen (secondary N) is 1. The maximum Gasteiger partial charge on any atom is 0.491 e. The molecule has 4 aromatic rings. The van der Waals surface area contributed by atoms with Gasteiger partial charge in [-0.3, -0.25) is 9.59 Å². The van der Waals surface area contributed by atoms with Crippen molar-refractivity contribution in [1.82, 2.24) is 15.1 Å². The van der Waals surface area contributed by atoms with Gasteiger partial charge in [-0.2, -0.15) is 13.2 Å². The smallest absolute Gasteiger partial charge is 0.465 e. The minimum Gasteiger partial charge on any atom is -0.465 e. The molecule has 1 fully saturated rings. The third-order valence-corrected chi connectivity index (χ3v) is 7.95. The molecule has 0 saturated carbocycles. The number of halogens is 3. The first kappa shape index (κ1) is 34.2. The molecule has 5 rings (SSSR count). The third kappa shape index (κ3) is 9.92. The van der Waals surface area contributed by atoms with Gasteiger partial charge in [0.15, 0.2) is 0 Å². The number of nitrogens with zero attached hydrogens (tertiary/aromatic N) is 2. The van der Waals surface area contributed by atoms with Crippen molar-refractivity contribution in [2.24, 2.45) is 0 Å². The Kier molecular flexibility index (Phi) is 11.5. The van der Waals surface area contributed by atoms with E-state index in [2.05, 4.69) is 15.0 Å². The number of carbonyl (C=O) groups excluding carboxylic acids is 3. The lowest BCUT2D eigenvalue weighted by Gasteiger charge is -2.22. The van der Waals surface area contributed by atoms with E-state index in [0.29, 0.717) is 30.8 Å². The molecule has 1 N–H and O–H groups in total. The lowest BCUT2D eigenvalue weighted by Crippen LogP contribution is -2.33. The average Bonchev–Trinajstić information content (AvgIpc) is 3.81. The van der Waals surface area contributed by atoms with E-state index in [-0.39, 0.29) is 24.1 Å². The fourth-order valence-corrected chi connectivity index (χ4v) is 5.41. The van der Waals surface area contributed by atoms with Crippen molar-refractivity contribution >= 4 is 23.9 Å². The number of esters is 1. The monoisotopic (exact) mass is 659 g/mol. The summed E-state index contributed by atoms with van der Waals surface area (Å²) in [6, 6.07) is 24.3. The zero-order valence-corrected chi connectivity index (χ0v) is 26.2. The minimum atomic E-state index is -5.09. The summed E-state index contributed by atoms with van der Waals surface area (Å²) in [5.41, 5.74) is 3.92. The van der Waals surface area contributed by atoms with Crippen LogP contribution in [0, 0.1) is 0 Å². The van der Waals surface area contributed by atoms with E-state index >= 15 is 0 Å². The summed E-state index contributed by atoms with van der Waals surface area (Å²) in [5, 5.41) is 3.02. The van der Waals surface area contributed by atoms with Crippen molar-refractivity contribution in [3.63, 3.8) is 0 Å². The van der Waals surface area contributed by atoms with Crippen molar-refractivity contribution in [2.45, 2.75) is 32.0 Å². The second-order valence-corrected chi connectivity index (χ2v) is 11.5. The third-order valence-electron chi connectivity index (χ3n) is 7.95. The Labute approximate surface area is 276 Å². The first-order valence-electron chi connectivity index (χ1n) is 15.7. The van der Waals surface area contributed by atoms with E-state index in [1.807, 2.05) is 42.5 Å². The molecule has 1 aromatic heterocycles. The highest BCUT2D eigenvalue weighted by atomic mass is 19.4. The second kappa shape index (κ2) is 16.1. The van der Waals surface area contributed by atoms with Gasteiger partial charge in [0, 0.05) is 37.8 Å². The number of carbonyl (C=O) groups is 3. The second-order valence-electron chi connectivity index (χ2n) is 11.5. The van der Waals surface area contributed by atoms with Crippen LogP contribution in [0.2, 0.25) is 0 Å². The van der Waals surface area contributed by atoms with Gasteiger partial charge >= 0.3 is 12.1 Å². The molecule has 1 aliphatic heterocycles. The normalized spacial score (nSPS) is 13.5. The van der Waals surface area contributed by atoms with E-state index in [0.717, 1.165) is 41.9 Å². The largest absolute Gasteiger partial charge is 0.491 e. The van der Waals surface area contributed by atoms with Crippen LogP contribution in [-0.2, 0) is 22.6 Å². The molecule has 3 aromatic carbocycles. The van der Waals surface area contributed by atoms with Crippen molar-refractivity contribution in [3.8, 4) is 16.9 Å². The molecule has 0 spiro atoms. The van der Waals surface area contributed by atoms with Crippen molar-refractivity contribution < 1.29 is 36.7 Å². The number of rotatable bonds is 13. The summed E-state index contributed by atoms with van der Waals surface area (Å²) in [4.78, 5) is 41.4. The van der Waals surface area contributed by atoms with Gasteiger partial charge < -0.3 is 24.3 Å². The fraction of sp³-hybridized carbons (Fsp3) is 0.270. The molecule has 11 heteroatoms. The van der Waals surface area contributed by atoms with Crippen LogP contribution < -0.4 is 10.1 Å². The molecular weight excluding hydrogens is 623 g/mol. The molecule has 0 atom stereocenters. The van der Waals surface area contributed by atoms with E-state index in [1.54, 1.807) is 41.3 Å². The molecule has 2 heterocycles. The maximum absolute atomic E-state index is 13.4. The van der Waals surface area contributed by atoms with Gasteiger partial charge in [-0.05, 0) is 103 Å². The van der Waals surface area contributed by atoms with Crippen LogP contribution in [-0.4, -0.2) is 66.5 Å². The zero-order valence-electron chi connectivity index (χ0n) is 26.2. The Hall–Kier alpha value is -5.16. The number of alkyl halides is 3. The highest BCUT2D eigenvalue weighted by Crippen LogP contribution is 2.24. The first-order chi connectivity index (χ1) is 23.1. The number of hydrogen-bond acceptors (Lipinski definition) is 6. The highest BCUT2D eigenvalue weighted by molar-refractivity contribution is 5.95. The standard InChI is InChI=1S/C37H36F3N3O5/c38-37(39,40)36(46)48-33-13-11-27(12-14-33)17-21-43(34(44)16-15-32-10-5-23-47-32)26-28-6-3-7-29(24-28)30-8-4-9-31(25-30)35(45)41-18-22-42-19-1-2-20-42/h3-16,23-25H,1-2,17-22,26H2,(H,41,45)/b16-15+. The van der Waals surface area contributed by atoms with E-state index < -0.39 is 12.1 Å². The number of hydrogen-bond donors (Lipinski definition) is 1. The predicted molar refractivity (Wildman–Crippen MR) is 175 cm³/mol. The SMILES string of the molecule is O=C(NCCN1CCCC1)c1cccc(-c2cccc(CN(CCc3ccc(OC(=O)C(F)(F)F)cc3)C(=O)/C=C/c3ccco3)c2)c1. The van der Waals surface area contributed by atoms with Gasteiger partial charge in [0.2, 0.25) is 5.91 Å². The summed E-state index contributed by atoms with van der Waals surface area (Å²) in [6.07, 6.45) is 2.22. The van der Waals surface area contributed by atoms with Crippen molar-refractivity contribution in [2.75, 3.05) is 32.7 Å². The molecular formula is C37H36F3N3O5. The van der Waals surface area contributed by atoms with Gasteiger partial charge in [0.25, 0.3) is 5.91 Å². The topological polar surface area (TPSA) is 92.1 Å². The Morgan fingerprint density at radius 2 is 1.62 bits per heavy atom. The summed E-state index contributed by atoms with van der Waals surface area (Å²) in [7, 11) is 0.